The molecule has 0 radical (unpaired) electrons. The minimum Gasteiger partial charge on any atom is -0.383 e. The number of amides is 3. The Morgan fingerprint density at radius 1 is 1.23 bits per heavy atom. The molecule has 0 spiro atoms. The lowest BCUT2D eigenvalue weighted by molar-refractivity contribution is 0.0948. The highest BCUT2D eigenvalue weighted by molar-refractivity contribution is 7.09. The number of carbonyl (C=O) groups excluding carboxylic acids is 2. The van der Waals surface area contributed by atoms with Gasteiger partial charge in [-0.05, 0) is 24.6 Å². The lowest BCUT2D eigenvalue weighted by Gasteiger charge is -2.22. The first kappa shape index (κ1) is 24.4. The minimum absolute atomic E-state index is 0.197. The number of urea groups is 1. The maximum absolute atomic E-state index is 12.7. The molecule has 2 N–H and O–H groups in total. The van der Waals surface area contributed by atoms with Crippen LogP contribution in [0.15, 0.2) is 23.6 Å². The first-order chi connectivity index (χ1) is 14.4. The van der Waals surface area contributed by atoms with Gasteiger partial charge in [-0.25, -0.2) is 9.78 Å². The Balaban J connectivity index is 1.99. The third-order valence-electron chi connectivity index (χ3n) is 4.20. The fourth-order valence-corrected chi connectivity index (χ4v) is 3.64. The van der Waals surface area contributed by atoms with Crippen LogP contribution in [0.4, 0.5) is 10.5 Å². The molecule has 3 amide bonds. The van der Waals surface area contributed by atoms with E-state index in [2.05, 4.69) is 22.5 Å². The van der Waals surface area contributed by atoms with Crippen LogP contribution in [0, 0.1) is 0 Å². The van der Waals surface area contributed by atoms with E-state index < -0.39 is 0 Å². The maximum atomic E-state index is 12.7. The summed E-state index contributed by atoms with van der Waals surface area (Å²) in [6, 6.07) is 4.54. The van der Waals surface area contributed by atoms with Gasteiger partial charge in [0.15, 0.2) is 0 Å². The van der Waals surface area contributed by atoms with E-state index >= 15 is 0 Å². The predicted octanol–water partition coefficient (Wildman–Crippen LogP) is 5.05. The Morgan fingerprint density at radius 2 is 2.03 bits per heavy atom. The normalized spacial score (nSPS) is 10.7. The second-order valence-electron chi connectivity index (χ2n) is 6.56. The number of nitrogens with one attached hydrogen (secondary N) is 2. The van der Waals surface area contributed by atoms with E-state index in [1.54, 1.807) is 35.6 Å². The average molecular weight is 473 g/mol. The van der Waals surface area contributed by atoms with Gasteiger partial charge in [-0.15, -0.1) is 11.3 Å². The Hall–Kier alpha value is -1.87. The van der Waals surface area contributed by atoms with Crippen LogP contribution in [0.25, 0.3) is 0 Å². The summed E-state index contributed by atoms with van der Waals surface area (Å²) in [6.07, 6.45) is 3.11. The van der Waals surface area contributed by atoms with Gasteiger partial charge in [0.25, 0.3) is 5.91 Å². The summed E-state index contributed by atoms with van der Waals surface area (Å²) in [6.45, 7) is 3.73. The lowest BCUT2D eigenvalue weighted by Crippen LogP contribution is -2.36. The van der Waals surface area contributed by atoms with Gasteiger partial charge in [0.2, 0.25) is 0 Å². The van der Waals surface area contributed by atoms with Crippen molar-refractivity contribution in [3.8, 4) is 0 Å². The number of hydrogen-bond acceptors (Lipinski definition) is 5. The van der Waals surface area contributed by atoms with Crippen molar-refractivity contribution < 1.29 is 14.3 Å². The number of thiazole rings is 1. The first-order valence-electron chi connectivity index (χ1n) is 9.67. The molecular weight excluding hydrogens is 447 g/mol. The standard InChI is InChI=1S/C20H26Cl2N4O3S/c1-3-4-5-8-23-19(27)17-13-30-18(25-17)12-26(9-10-29-2)20(28)24-14-6-7-15(21)16(22)11-14/h6-7,11,13H,3-5,8-10,12H2,1-2H3,(H,23,27)(H,24,28). The predicted molar refractivity (Wildman–Crippen MR) is 122 cm³/mol. The molecule has 1 aromatic carbocycles. The number of carbonyl (C=O) groups is 2. The van der Waals surface area contributed by atoms with Gasteiger partial charge in [-0.1, -0.05) is 43.0 Å². The SMILES string of the molecule is CCCCCNC(=O)c1csc(CN(CCOC)C(=O)Nc2ccc(Cl)c(Cl)c2)n1. The number of benzene rings is 1. The number of unbranched alkanes of at least 4 members (excludes halogenated alkanes) is 2. The Kier molecular flexibility index (Phi) is 10.4. The first-order valence-corrected chi connectivity index (χ1v) is 11.3. The van der Waals surface area contributed by atoms with Gasteiger partial charge in [0.1, 0.15) is 10.7 Å². The summed E-state index contributed by atoms with van der Waals surface area (Å²) in [4.78, 5) is 30.9. The van der Waals surface area contributed by atoms with Crippen LogP contribution in [0.1, 0.15) is 41.7 Å². The Bertz CT molecular complexity index is 847. The summed E-state index contributed by atoms with van der Waals surface area (Å²) in [5, 5.41) is 8.79. The van der Waals surface area contributed by atoms with E-state index in [1.165, 1.54) is 11.3 Å². The molecule has 0 aliphatic carbocycles. The van der Waals surface area contributed by atoms with Crippen molar-refractivity contribution in [2.24, 2.45) is 0 Å². The molecule has 0 aliphatic rings. The zero-order valence-electron chi connectivity index (χ0n) is 17.0. The average Bonchev–Trinajstić information content (AvgIpc) is 3.19. The number of nitrogens with zero attached hydrogens (tertiary/aromatic N) is 2. The summed E-state index contributed by atoms with van der Waals surface area (Å²) in [5.74, 6) is -0.197. The summed E-state index contributed by atoms with van der Waals surface area (Å²) >= 11 is 13.3. The Morgan fingerprint density at radius 3 is 2.73 bits per heavy atom. The molecule has 2 aromatic rings. The number of ether oxygens (including phenoxy) is 1. The fraction of sp³-hybridized carbons (Fsp3) is 0.450. The van der Waals surface area contributed by atoms with Crippen LogP contribution in [-0.2, 0) is 11.3 Å². The molecule has 30 heavy (non-hydrogen) atoms. The fourth-order valence-electron chi connectivity index (χ4n) is 2.55. The number of aromatic nitrogens is 1. The molecule has 0 unspecified atom stereocenters. The molecule has 7 nitrogen and oxygen atoms in total. The van der Waals surface area contributed by atoms with E-state index in [-0.39, 0.29) is 18.5 Å². The van der Waals surface area contributed by atoms with Crippen molar-refractivity contribution in [1.82, 2.24) is 15.2 Å². The largest absolute Gasteiger partial charge is 0.383 e. The third kappa shape index (κ3) is 7.75. The van der Waals surface area contributed by atoms with Gasteiger partial charge in [0, 0.05) is 31.3 Å². The zero-order valence-corrected chi connectivity index (χ0v) is 19.4. The second kappa shape index (κ2) is 12.7. The van der Waals surface area contributed by atoms with Gasteiger partial charge in [-0.2, -0.15) is 0 Å². The molecule has 0 saturated heterocycles. The molecule has 0 bridgehead atoms. The van der Waals surface area contributed by atoms with Crippen molar-refractivity contribution in [3.05, 3.63) is 44.3 Å². The number of methoxy groups -OCH3 is 1. The molecule has 0 fully saturated rings. The van der Waals surface area contributed by atoms with Crippen molar-refractivity contribution in [1.29, 1.82) is 0 Å². The van der Waals surface area contributed by atoms with Crippen LogP contribution >= 0.6 is 34.5 Å². The summed E-state index contributed by atoms with van der Waals surface area (Å²) in [5.41, 5.74) is 0.895. The number of anilines is 1. The highest BCUT2D eigenvalue weighted by Gasteiger charge is 2.18. The minimum atomic E-state index is -0.328. The van der Waals surface area contributed by atoms with E-state index in [0.29, 0.717) is 46.1 Å². The number of rotatable bonds is 11. The van der Waals surface area contributed by atoms with E-state index in [9.17, 15) is 9.59 Å². The molecule has 164 valence electrons. The highest BCUT2D eigenvalue weighted by atomic mass is 35.5. The van der Waals surface area contributed by atoms with Crippen LogP contribution in [0.3, 0.4) is 0 Å². The molecule has 0 saturated carbocycles. The summed E-state index contributed by atoms with van der Waals surface area (Å²) in [7, 11) is 1.57. The smallest absolute Gasteiger partial charge is 0.322 e. The topological polar surface area (TPSA) is 83.6 Å². The second-order valence-corrected chi connectivity index (χ2v) is 8.32. The van der Waals surface area contributed by atoms with Crippen LogP contribution in [-0.4, -0.2) is 48.6 Å². The zero-order chi connectivity index (χ0) is 21.9. The molecule has 0 aliphatic heterocycles. The van der Waals surface area contributed by atoms with Crippen molar-refractivity contribution in [3.63, 3.8) is 0 Å². The maximum Gasteiger partial charge on any atom is 0.322 e. The Labute approximate surface area is 190 Å². The van der Waals surface area contributed by atoms with Crippen LogP contribution in [0.5, 0.6) is 0 Å². The van der Waals surface area contributed by atoms with Crippen molar-refractivity contribution >= 4 is 52.2 Å². The monoisotopic (exact) mass is 472 g/mol. The molecule has 1 aromatic heterocycles. The molecule has 10 heteroatoms. The molecule has 1 heterocycles. The number of hydrogen-bond donors (Lipinski definition) is 2. The quantitative estimate of drug-likeness (QED) is 0.448. The summed E-state index contributed by atoms with van der Waals surface area (Å²) < 4.78 is 5.11. The van der Waals surface area contributed by atoms with Crippen LogP contribution < -0.4 is 10.6 Å². The van der Waals surface area contributed by atoms with Gasteiger partial charge in [0.05, 0.1) is 23.2 Å². The van der Waals surface area contributed by atoms with Gasteiger partial charge < -0.3 is 20.3 Å². The molecule has 0 atom stereocenters. The van der Waals surface area contributed by atoms with Crippen LogP contribution in [0.2, 0.25) is 10.0 Å². The van der Waals surface area contributed by atoms with E-state index in [4.69, 9.17) is 27.9 Å². The van der Waals surface area contributed by atoms with Crippen molar-refractivity contribution in [2.75, 3.05) is 32.1 Å². The van der Waals surface area contributed by atoms with Gasteiger partial charge >= 0.3 is 6.03 Å². The third-order valence-corrected chi connectivity index (χ3v) is 5.77. The lowest BCUT2D eigenvalue weighted by atomic mass is 10.2. The van der Waals surface area contributed by atoms with Crippen molar-refractivity contribution in [2.45, 2.75) is 32.7 Å². The van der Waals surface area contributed by atoms with Gasteiger partial charge in [-0.3, -0.25) is 4.79 Å². The van der Waals surface area contributed by atoms with E-state index in [0.717, 1.165) is 19.3 Å². The van der Waals surface area contributed by atoms with E-state index in [1.807, 2.05) is 0 Å². The highest BCUT2D eigenvalue weighted by Crippen LogP contribution is 2.25. The molecular formula is C20H26Cl2N4O3S. The molecule has 2 rings (SSSR count). The number of halogens is 2.